The van der Waals surface area contributed by atoms with Crippen molar-refractivity contribution < 1.29 is 14.7 Å². The number of hydrogen-bond acceptors (Lipinski definition) is 2. The first-order valence-electron chi connectivity index (χ1n) is 7.26. The van der Waals surface area contributed by atoms with E-state index in [-0.39, 0.29) is 23.4 Å². The molecule has 0 aliphatic heterocycles. The van der Waals surface area contributed by atoms with Gasteiger partial charge >= 0.3 is 12.0 Å². The number of carbonyl (C=O) groups is 2. The second-order valence-corrected chi connectivity index (χ2v) is 6.39. The van der Waals surface area contributed by atoms with Crippen LogP contribution in [0, 0.1) is 11.3 Å². The van der Waals surface area contributed by atoms with Gasteiger partial charge in [-0.15, -0.1) is 0 Å². The molecule has 2 aliphatic rings. The largest absolute Gasteiger partial charge is 0.481 e. The van der Waals surface area contributed by atoms with Crippen molar-refractivity contribution in [3.05, 3.63) is 0 Å². The molecule has 0 aromatic heterocycles. The molecule has 2 rings (SSSR count). The molecule has 2 amide bonds. The summed E-state index contributed by atoms with van der Waals surface area (Å²) < 4.78 is 0. The topological polar surface area (TPSA) is 78.4 Å². The monoisotopic (exact) mass is 268 g/mol. The number of nitrogens with one attached hydrogen (secondary N) is 2. The summed E-state index contributed by atoms with van der Waals surface area (Å²) in [6, 6.07) is -0.145. The summed E-state index contributed by atoms with van der Waals surface area (Å²) in [6.07, 6.45) is 6.65. The number of rotatable bonds is 4. The van der Waals surface area contributed by atoms with Crippen molar-refractivity contribution in [2.45, 2.75) is 57.9 Å². The van der Waals surface area contributed by atoms with Crippen LogP contribution in [-0.2, 0) is 4.79 Å². The summed E-state index contributed by atoms with van der Waals surface area (Å²) in [4.78, 5) is 22.8. The van der Waals surface area contributed by atoms with Crippen molar-refractivity contribution in [1.29, 1.82) is 0 Å². The van der Waals surface area contributed by atoms with E-state index in [0.29, 0.717) is 13.0 Å². The molecule has 0 saturated heterocycles. The van der Waals surface area contributed by atoms with E-state index in [9.17, 15) is 9.59 Å². The van der Waals surface area contributed by atoms with Crippen LogP contribution in [0.3, 0.4) is 0 Å². The third-order valence-electron chi connectivity index (χ3n) is 4.60. The molecule has 0 radical (unpaired) electrons. The Bertz CT molecular complexity index is 353. The molecule has 2 atom stereocenters. The number of carbonyl (C=O) groups excluding carboxylic acids is 1. The van der Waals surface area contributed by atoms with Gasteiger partial charge in [-0.1, -0.05) is 19.8 Å². The van der Waals surface area contributed by atoms with Gasteiger partial charge in [-0.05, 0) is 37.5 Å². The van der Waals surface area contributed by atoms with E-state index in [2.05, 4.69) is 17.6 Å². The first-order chi connectivity index (χ1) is 8.98. The molecule has 5 heteroatoms. The number of aliphatic carboxylic acids is 1. The predicted octanol–water partition coefficient (Wildman–Crippen LogP) is 2.12. The quantitative estimate of drug-likeness (QED) is 0.730. The first-order valence-corrected chi connectivity index (χ1v) is 7.26. The number of amides is 2. The lowest BCUT2D eigenvalue weighted by Crippen LogP contribution is -2.48. The van der Waals surface area contributed by atoms with Gasteiger partial charge in [0.25, 0.3) is 0 Å². The maximum absolute atomic E-state index is 11.8. The molecule has 2 fully saturated rings. The Morgan fingerprint density at radius 1 is 1.26 bits per heavy atom. The smallest absolute Gasteiger partial charge is 0.315 e. The van der Waals surface area contributed by atoms with Crippen LogP contribution < -0.4 is 10.6 Å². The van der Waals surface area contributed by atoms with Gasteiger partial charge in [-0.2, -0.15) is 0 Å². The Morgan fingerprint density at radius 2 is 2.00 bits per heavy atom. The van der Waals surface area contributed by atoms with Crippen LogP contribution in [0.15, 0.2) is 0 Å². The van der Waals surface area contributed by atoms with Crippen LogP contribution in [0.4, 0.5) is 4.79 Å². The van der Waals surface area contributed by atoms with Crippen molar-refractivity contribution in [2.75, 3.05) is 6.54 Å². The first kappa shape index (κ1) is 14.2. The second-order valence-electron chi connectivity index (χ2n) is 6.39. The third-order valence-corrected chi connectivity index (χ3v) is 4.60. The molecule has 2 unspecified atom stereocenters. The van der Waals surface area contributed by atoms with Gasteiger partial charge < -0.3 is 15.7 Å². The molecule has 19 heavy (non-hydrogen) atoms. The lowest BCUT2D eigenvalue weighted by molar-refractivity contribution is -0.143. The number of hydrogen-bond donors (Lipinski definition) is 3. The number of urea groups is 1. The third kappa shape index (κ3) is 3.85. The Hall–Kier alpha value is -1.26. The van der Waals surface area contributed by atoms with Gasteiger partial charge in [0.1, 0.15) is 0 Å². The van der Waals surface area contributed by atoms with Crippen molar-refractivity contribution in [2.24, 2.45) is 11.3 Å². The highest BCUT2D eigenvalue weighted by Crippen LogP contribution is 2.39. The Morgan fingerprint density at radius 3 is 2.58 bits per heavy atom. The van der Waals surface area contributed by atoms with Crippen LogP contribution in [0.2, 0.25) is 0 Å². The fourth-order valence-corrected chi connectivity index (χ4v) is 3.03. The highest BCUT2D eigenvalue weighted by atomic mass is 16.4. The van der Waals surface area contributed by atoms with E-state index in [1.165, 1.54) is 19.3 Å². The zero-order chi connectivity index (χ0) is 13.9. The minimum atomic E-state index is -0.742. The minimum Gasteiger partial charge on any atom is -0.481 e. The lowest BCUT2D eigenvalue weighted by atomic mass is 9.70. The van der Waals surface area contributed by atoms with Crippen LogP contribution in [0.5, 0.6) is 0 Å². The average Bonchev–Trinajstić information content (AvgIpc) is 2.34. The summed E-state index contributed by atoms with van der Waals surface area (Å²) in [5.74, 6) is -1.04. The van der Waals surface area contributed by atoms with E-state index in [1.54, 1.807) is 0 Å². The lowest BCUT2D eigenvalue weighted by Gasteiger charge is -2.38. The molecular formula is C14H24N2O3. The van der Waals surface area contributed by atoms with Crippen molar-refractivity contribution in [3.8, 4) is 0 Å². The standard InChI is InChI=1S/C14H24N2O3/c1-14(6-3-7-14)9-15-13(19)16-11-5-2-4-10(8-11)12(17)18/h10-11H,2-9H2,1H3,(H,17,18)(H2,15,16,19). The highest BCUT2D eigenvalue weighted by molar-refractivity contribution is 5.74. The van der Waals surface area contributed by atoms with Gasteiger partial charge in [0.15, 0.2) is 0 Å². The van der Waals surface area contributed by atoms with Crippen LogP contribution >= 0.6 is 0 Å². The maximum atomic E-state index is 11.8. The molecule has 2 aliphatic carbocycles. The van der Waals surface area contributed by atoms with E-state index in [1.807, 2.05) is 0 Å². The normalized spacial score (nSPS) is 29.1. The van der Waals surface area contributed by atoms with Gasteiger partial charge in [0.2, 0.25) is 0 Å². The molecule has 5 nitrogen and oxygen atoms in total. The summed E-state index contributed by atoms with van der Waals surface area (Å²) in [5, 5.41) is 14.8. The zero-order valence-corrected chi connectivity index (χ0v) is 11.6. The van der Waals surface area contributed by atoms with Gasteiger partial charge in [0.05, 0.1) is 5.92 Å². The van der Waals surface area contributed by atoms with Crippen molar-refractivity contribution >= 4 is 12.0 Å². The zero-order valence-electron chi connectivity index (χ0n) is 11.6. The van der Waals surface area contributed by atoms with Gasteiger partial charge in [-0.3, -0.25) is 4.79 Å². The average molecular weight is 268 g/mol. The molecule has 0 bridgehead atoms. The van der Waals surface area contributed by atoms with E-state index in [4.69, 9.17) is 5.11 Å². The second kappa shape index (κ2) is 5.80. The van der Waals surface area contributed by atoms with E-state index in [0.717, 1.165) is 19.3 Å². The summed E-state index contributed by atoms with van der Waals surface area (Å²) in [5.41, 5.74) is 0.271. The highest BCUT2D eigenvalue weighted by Gasteiger charge is 2.32. The maximum Gasteiger partial charge on any atom is 0.315 e. The molecule has 3 N–H and O–H groups in total. The molecule has 108 valence electrons. The van der Waals surface area contributed by atoms with E-state index >= 15 is 0 Å². The van der Waals surface area contributed by atoms with E-state index < -0.39 is 5.97 Å². The number of carboxylic acids is 1. The Labute approximate surface area is 114 Å². The SMILES string of the molecule is CC1(CNC(=O)NC2CCCC(C(=O)O)C2)CCC1. The van der Waals surface area contributed by atoms with Crippen molar-refractivity contribution in [3.63, 3.8) is 0 Å². The fraction of sp³-hybridized carbons (Fsp3) is 0.857. The summed E-state index contributed by atoms with van der Waals surface area (Å²) >= 11 is 0. The molecule has 0 heterocycles. The predicted molar refractivity (Wildman–Crippen MR) is 71.9 cm³/mol. The summed E-state index contributed by atoms with van der Waals surface area (Å²) in [6.45, 7) is 2.91. The summed E-state index contributed by atoms with van der Waals surface area (Å²) in [7, 11) is 0. The van der Waals surface area contributed by atoms with Crippen LogP contribution in [-0.4, -0.2) is 29.7 Å². The van der Waals surface area contributed by atoms with Gasteiger partial charge in [-0.25, -0.2) is 4.79 Å². The molecule has 0 aromatic carbocycles. The number of carboxylic acid groups (broad SMARTS) is 1. The molecule has 0 aromatic rings. The van der Waals surface area contributed by atoms with Gasteiger partial charge in [0, 0.05) is 12.6 Å². The fourth-order valence-electron chi connectivity index (χ4n) is 3.03. The molecule has 0 spiro atoms. The molecule has 2 saturated carbocycles. The van der Waals surface area contributed by atoms with Crippen LogP contribution in [0.25, 0.3) is 0 Å². The van der Waals surface area contributed by atoms with Crippen LogP contribution in [0.1, 0.15) is 51.9 Å². The Kier molecular flexibility index (Phi) is 4.32. The Balaban J connectivity index is 1.71. The van der Waals surface area contributed by atoms with Crippen molar-refractivity contribution in [1.82, 2.24) is 10.6 Å². The minimum absolute atomic E-state index is 0.00375. The molecular weight excluding hydrogens is 244 g/mol.